The summed E-state index contributed by atoms with van der Waals surface area (Å²) in [5.41, 5.74) is 0.588. The molecule has 2 heterocycles. The summed E-state index contributed by atoms with van der Waals surface area (Å²) in [5, 5.41) is 3.35. The summed E-state index contributed by atoms with van der Waals surface area (Å²) in [5.74, 6) is 2.49. The van der Waals surface area contributed by atoms with Gasteiger partial charge in [0.05, 0.1) is 13.7 Å². The third kappa shape index (κ3) is 4.24. The number of hydrogen-bond acceptors (Lipinski definition) is 5. The van der Waals surface area contributed by atoms with E-state index in [0.717, 1.165) is 12.4 Å². The first-order valence-corrected chi connectivity index (χ1v) is 9.31. The second kappa shape index (κ2) is 8.43. The summed E-state index contributed by atoms with van der Waals surface area (Å²) in [6.45, 7) is 6.86. The highest BCUT2D eigenvalue weighted by Gasteiger charge is 2.31. The first-order chi connectivity index (χ1) is 13.0. The van der Waals surface area contributed by atoms with Crippen LogP contribution in [-0.2, 0) is 7.05 Å². The molecule has 0 radical (unpaired) electrons. The van der Waals surface area contributed by atoms with E-state index in [0.29, 0.717) is 42.7 Å². The molecule has 1 aliphatic rings. The second-order valence-electron chi connectivity index (χ2n) is 7.19. The van der Waals surface area contributed by atoms with Crippen molar-refractivity contribution >= 4 is 5.91 Å². The number of amides is 1. The lowest BCUT2D eigenvalue weighted by Crippen LogP contribution is -2.49. The van der Waals surface area contributed by atoms with Crippen LogP contribution in [-0.4, -0.2) is 53.7 Å². The Balaban J connectivity index is 1.84. The van der Waals surface area contributed by atoms with Gasteiger partial charge in [0.15, 0.2) is 11.5 Å². The SMILES string of the molecule is COc1cc(C(=O)N2CCNCC2c2nccn2C)ccc1OCC(C)C. The van der Waals surface area contributed by atoms with Crippen molar-refractivity contribution in [3.05, 3.63) is 42.0 Å². The van der Waals surface area contributed by atoms with Crippen molar-refractivity contribution in [2.45, 2.75) is 19.9 Å². The molecule has 3 rings (SSSR count). The summed E-state index contributed by atoms with van der Waals surface area (Å²) in [6, 6.07) is 5.27. The summed E-state index contributed by atoms with van der Waals surface area (Å²) in [6.07, 6.45) is 3.66. The lowest BCUT2D eigenvalue weighted by molar-refractivity contribution is 0.0620. The first-order valence-electron chi connectivity index (χ1n) is 9.31. The molecule has 1 saturated heterocycles. The van der Waals surface area contributed by atoms with Crippen LogP contribution in [0.25, 0.3) is 0 Å². The number of benzene rings is 1. The number of carbonyl (C=O) groups excluding carboxylic acids is 1. The van der Waals surface area contributed by atoms with Gasteiger partial charge in [-0.2, -0.15) is 0 Å². The van der Waals surface area contributed by atoms with Gasteiger partial charge in [-0.1, -0.05) is 13.8 Å². The third-order valence-electron chi connectivity index (χ3n) is 4.64. The highest BCUT2D eigenvalue weighted by atomic mass is 16.5. The molecule has 0 saturated carbocycles. The maximum absolute atomic E-state index is 13.2. The summed E-state index contributed by atoms with van der Waals surface area (Å²) >= 11 is 0. The van der Waals surface area contributed by atoms with E-state index in [-0.39, 0.29) is 11.9 Å². The topological polar surface area (TPSA) is 68.6 Å². The van der Waals surface area contributed by atoms with Crippen molar-refractivity contribution in [2.75, 3.05) is 33.4 Å². The van der Waals surface area contributed by atoms with Crippen LogP contribution < -0.4 is 14.8 Å². The molecule has 1 atom stereocenters. The van der Waals surface area contributed by atoms with Crippen LogP contribution in [0.2, 0.25) is 0 Å². The Morgan fingerprint density at radius 2 is 2.19 bits per heavy atom. The number of nitrogens with one attached hydrogen (secondary N) is 1. The predicted octanol–water partition coefficient (Wildman–Crippen LogP) is 2.25. The molecule has 0 aliphatic carbocycles. The molecule has 1 unspecified atom stereocenters. The van der Waals surface area contributed by atoms with Crippen LogP contribution >= 0.6 is 0 Å². The van der Waals surface area contributed by atoms with E-state index in [4.69, 9.17) is 9.47 Å². The largest absolute Gasteiger partial charge is 0.493 e. The normalized spacial score (nSPS) is 17.2. The molecule has 1 aliphatic heterocycles. The number of rotatable bonds is 6. The number of hydrogen-bond donors (Lipinski definition) is 1. The Morgan fingerprint density at radius 1 is 1.37 bits per heavy atom. The zero-order valence-electron chi connectivity index (χ0n) is 16.4. The van der Waals surface area contributed by atoms with Crippen LogP contribution in [0.3, 0.4) is 0 Å². The fourth-order valence-electron chi connectivity index (χ4n) is 3.22. The number of piperazine rings is 1. The highest BCUT2D eigenvalue weighted by Crippen LogP contribution is 2.30. The Morgan fingerprint density at radius 3 is 2.85 bits per heavy atom. The lowest BCUT2D eigenvalue weighted by Gasteiger charge is -2.35. The molecule has 1 aromatic heterocycles. The standard InChI is InChI=1S/C20H28N4O3/c1-14(2)13-27-17-6-5-15(11-18(17)26-4)20(25)24-10-7-21-12-16(24)19-22-8-9-23(19)3/h5-6,8-9,11,14,16,21H,7,10,12-13H2,1-4H3. The molecule has 27 heavy (non-hydrogen) atoms. The Kier molecular flexibility index (Phi) is 6.01. The second-order valence-corrected chi connectivity index (χ2v) is 7.19. The molecule has 0 spiro atoms. The van der Waals surface area contributed by atoms with Gasteiger partial charge >= 0.3 is 0 Å². The Hall–Kier alpha value is -2.54. The molecule has 1 amide bonds. The van der Waals surface area contributed by atoms with Gasteiger partial charge in [0.25, 0.3) is 5.91 Å². The highest BCUT2D eigenvalue weighted by molar-refractivity contribution is 5.95. The van der Waals surface area contributed by atoms with E-state index in [9.17, 15) is 4.79 Å². The van der Waals surface area contributed by atoms with Crippen LogP contribution in [0.1, 0.15) is 36.1 Å². The van der Waals surface area contributed by atoms with Crippen molar-refractivity contribution in [2.24, 2.45) is 13.0 Å². The Bertz CT molecular complexity index is 787. The number of carbonyl (C=O) groups is 1. The monoisotopic (exact) mass is 372 g/mol. The van der Waals surface area contributed by atoms with E-state index in [2.05, 4.69) is 24.1 Å². The van der Waals surface area contributed by atoms with Gasteiger partial charge in [0.2, 0.25) is 0 Å². The van der Waals surface area contributed by atoms with Crippen molar-refractivity contribution in [3.8, 4) is 11.5 Å². The van der Waals surface area contributed by atoms with E-state index < -0.39 is 0 Å². The van der Waals surface area contributed by atoms with Gasteiger partial charge in [0.1, 0.15) is 11.9 Å². The molecule has 0 bridgehead atoms. The number of imidazole rings is 1. The van der Waals surface area contributed by atoms with Crippen molar-refractivity contribution in [3.63, 3.8) is 0 Å². The Labute approximate surface area is 160 Å². The van der Waals surface area contributed by atoms with E-state index in [1.165, 1.54) is 0 Å². The van der Waals surface area contributed by atoms with Gasteiger partial charge in [-0.15, -0.1) is 0 Å². The average Bonchev–Trinajstić information content (AvgIpc) is 3.11. The van der Waals surface area contributed by atoms with Crippen molar-refractivity contribution < 1.29 is 14.3 Å². The number of aryl methyl sites for hydroxylation is 1. The smallest absolute Gasteiger partial charge is 0.254 e. The number of nitrogens with zero attached hydrogens (tertiary/aromatic N) is 3. The average molecular weight is 372 g/mol. The summed E-state index contributed by atoms with van der Waals surface area (Å²) in [4.78, 5) is 19.5. The molecular weight excluding hydrogens is 344 g/mol. The van der Waals surface area contributed by atoms with Crippen LogP contribution in [0.5, 0.6) is 11.5 Å². The zero-order valence-corrected chi connectivity index (χ0v) is 16.4. The summed E-state index contributed by atoms with van der Waals surface area (Å²) < 4.78 is 13.2. The maximum atomic E-state index is 13.2. The van der Waals surface area contributed by atoms with Crippen molar-refractivity contribution in [1.29, 1.82) is 0 Å². The van der Waals surface area contributed by atoms with Crippen LogP contribution in [0, 0.1) is 5.92 Å². The fourth-order valence-corrected chi connectivity index (χ4v) is 3.22. The lowest BCUT2D eigenvalue weighted by atomic mass is 10.1. The van der Waals surface area contributed by atoms with Crippen molar-refractivity contribution in [1.82, 2.24) is 19.8 Å². The predicted molar refractivity (Wildman–Crippen MR) is 103 cm³/mol. The zero-order chi connectivity index (χ0) is 19.4. The number of aromatic nitrogens is 2. The summed E-state index contributed by atoms with van der Waals surface area (Å²) in [7, 11) is 3.54. The van der Waals surface area contributed by atoms with Gasteiger partial charge in [-0.05, 0) is 24.1 Å². The molecule has 7 heteroatoms. The molecular formula is C20H28N4O3. The number of ether oxygens (including phenoxy) is 2. The van der Waals surface area contributed by atoms with E-state index in [1.54, 1.807) is 25.4 Å². The maximum Gasteiger partial charge on any atom is 0.254 e. The fraction of sp³-hybridized carbons (Fsp3) is 0.500. The van der Waals surface area contributed by atoms with Gasteiger partial charge < -0.3 is 24.3 Å². The quantitative estimate of drug-likeness (QED) is 0.842. The minimum Gasteiger partial charge on any atom is -0.493 e. The molecule has 146 valence electrons. The molecule has 1 N–H and O–H groups in total. The van der Waals surface area contributed by atoms with E-state index >= 15 is 0 Å². The first kappa shape index (κ1) is 19.2. The number of methoxy groups -OCH3 is 1. The molecule has 7 nitrogen and oxygen atoms in total. The van der Waals surface area contributed by atoms with E-state index in [1.807, 2.05) is 28.8 Å². The minimum absolute atomic E-state index is 0.0294. The van der Waals surface area contributed by atoms with Gasteiger partial charge in [-0.25, -0.2) is 4.98 Å². The molecule has 1 fully saturated rings. The molecule has 1 aromatic carbocycles. The van der Waals surface area contributed by atoms with Gasteiger partial charge in [-0.3, -0.25) is 4.79 Å². The molecule has 2 aromatic rings. The third-order valence-corrected chi connectivity index (χ3v) is 4.64. The minimum atomic E-state index is -0.103. The van der Waals surface area contributed by atoms with Crippen LogP contribution in [0.15, 0.2) is 30.6 Å². The van der Waals surface area contributed by atoms with Gasteiger partial charge in [0, 0.05) is 44.6 Å². The van der Waals surface area contributed by atoms with Crippen LogP contribution in [0.4, 0.5) is 0 Å².